The van der Waals surface area contributed by atoms with Crippen LogP contribution in [0.5, 0.6) is 5.75 Å². The lowest BCUT2D eigenvalue weighted by Gasteiger charge is -2.12. The summed E-state index contributed by atoms with van der Waals surface area (Å²) in [5.74, 6) is -0.235. The number of nitrogens with zero attached hydrogens (tertiary/aromatic N) is 1. The van der Waals surface area contributed by atoms with E-state index in [1.165, 1.54) is 25.3 Å². The zero-order valence-electron chi connectivity index (χ0n) is 15.8. The van der Waals surface area contributed by atoms with Crippen LogP contribution in [0.25, 0.3) is 11.0 Å². The lowest BCUT2D eigenvalue weighted by Crippen LogP contribution is -2.11. The standard InChI is InChI=1S/C20H18ClNO7/c1-11-7-20(25)28-16-10-15(12(8-14(11)16)3-5-18(23)26-2)27-19(24)6-4-13-9-17(21)22-29-13/h7-10H,3-6H2,1-2H3. The molecule has 0 saturated carbocycles. The van der Waals surface area contributed by atoms with E-state index in [1.807, 2.05) is 0 Å². The summed E-state index contributed by atoms with van der Waals surface area (Å²) in [6.07, 6.45) is 0.691. The molecule has 0 unspecified atom stereocenters. The van der Waals surface area contributed by atoms with Crippen LogP contribution in [0.2, 0.25) is 5.15 Å². The first-order valence-corrected chi connectivity index (χ1v) is 9.19. The molecule has 0 bridgehead atoms. The largest absolute Gasteiger partial charge is 0.469 e. The smallest absolute Gasteiger partial charge is 0.336 e. The summed E-state index contributed by atoms with van der Waals surface area (Å²) in [5, 5.41) is 4.45. The van der Waals surface area contributed by atoms with Gasteiger partial charge in [0.1, 0.15) is 17.1 Å². The molecule has 0 saturated heterocycles. The number of aryl methyl sites for hydroxylation is 3. The van der Waals surface area contributed by atoms with Crippen LogP contribution in [0, 0.1) is 6.92 Å². The van der Waals surface area contributed by atoms with Crippen LogP contribution in [0.1, 0.15) is 29.7 Å². The molecule has 9 heteroatoms. The van der Waals surface area contributed by atoms with Gasteiger partial charge in [0.25, 0.3) is 0 Å². The van der Waals surface area contributed by atoms with E-state index in [0.717, 1.165) is 5.56 Å². The average molecular weight is 420 g/mol. The van der Waals surface area contributed by atoms with Crippen LogP contribution in [-0.4, -0.2) is 24.2 Å². The molecule has 0 spiro atoms. The van der Waals surface area contributed by atoms with Gasteiger partial charge in [-0.15, -0.1) is 0 Å². The Kier molecular flexibility index (Phi) is 6.33. The van der Waals surface area contributed by atoms with Gasteiger partial charge in [0, 0.05) is 36.4 Å². The first-order chi connectivity index (χ1) is 13.9. The molecule has 0 radical (unpaired) electrons. The summed E-state index contributed by atoms with van der Waals surface area (Å²) in [6.45, 7) is 1.78. The number of hydrogen-bond donors (Lipinski definition) is 0. The average Bonchev–Trinajstić information content (AvgIpc) is 3.09. The number of benzene rings is 1. The molecule has 2 heterocycles. The van der Waals surface area contributed by atoms with Crippen molar-refractivity contribution in [1.82, 2.24) is 5.16 Å². The van der Waals surface area contributed by atoms with E-state index in [2.05, 4.69) is 9.89 Å². The van der Waals surface area contributed by atoms with Gasteiger partial charge in [-0.25, -0.2) is 4.79 Å². The number of esters is 2. The number of carbonyl (C=O) groups is 2. The number of fused-ring (bicyclic) bond motifs is 1. The minimum atomic E-state index is -0.522. The van der Waals surface area contributed by atoms with Crippen molar-refractivity contribution in [2.24, 2.45) is 0 Å². The van der Waals surface area contributed by atoms with Crippen molar-refractivity contribution in [2.75, 3.05) is 7.11 Å². The molecular formula is C20H18ClNO7. The predicted octanol–water partition coefficient (Wildman–Crippen LogP) is 3.39. The summed E-state index contributed by atoms with van der Waals surface area (Å²) in [7, 11) is 1.30. The molecule has 152 valence electrons. The summed E-state index contributed by atoms with van der Waals surface area (Å²) in [4.78, 5) is 35.5. The van der Waals surface area contributed by atoms with Crippen molar-refractivity contribution in [3.05, 3.63) is 56.7 Å². The van der Waals surface area contributed by atoms with E-state index < -0.39 is 11.6 Å². The Bertz CT molecular complexity index is 1120. The molecular weight excluding hydrogens is 402 g/mol. The third-order valence-corrected chi connectivity index (χ3v) is 4.47. The zero-order valence-corrected chi connectivity index (χ0v) is 16.6. The summed E-state index contributed by atoms with van der Waals surface area (Å²) in [6, 6.07) is 6.12. The van der Waals surface area contributed by atoms with Crippen molar-refractivity contribution >= 4 is 34.5 Å². The highest BCUT2D eigenvalue weighted by atomic mass is 35.5. The number of rotatable bonds is 7. The topological polar surface area (TPSA) is 109 Å². The van der Waals surface area contributed by atoms with E-state index in [9.17, 15) is 14.4 Å². The van der Waals surface area contributed by atoms with Crippen LogP contribution in [0.15, 0.2) is 38.0 Å². The van der Waals surface area contributed by atoms with E-state index in [4.69, 9.17) is 25.3 Å². The highest BCUT2D eigenvalue weighted by molar-refractivity contribution is 6.29. The molecule has 2 aromatic heterocycles. The van der Waals surface area contributed by atoms with E-state index in [-0.39, 0.29) is 36.1 Å². The van der Waals surface area contributed by atoms with Crippen molar-refractivity contribution in [3.63, 3.8) is 0 Å². The van der Waals surface area contributed by atoms with Crippen LogP contribution in [-0.2, 0) is 27.2 Å². The first kappa shape index (κ1) is 20.6. The van der Waals surface area contributed by atoms with Gasteiger partial charge in [-0.1, -0.05) is 16.8 Å². The highest BCUT2D eigenvalue weighted by Crippen LogP contribution is 2.29. The maximum absolute atomic E-state index is 12.3. The summed E-state index contributed by atoms with van der Waals surface area (Å²) in [5.41, 5.74) is 1.13. The molecule has 1 aromatic carbocycles. The molecule has 0 amide bonds. The van der Waals surface area contributed by atoms with Crippen LogP contribution >= 0.6 is 11.6 Å². The number of hydrogen-bond acceptors (Lipinski definition) is 8. The second-order valence-corrected chi connectivity index (χ2v) is 6.76. The van der Waals surface area contributed by atoms with Crippen LogP contribution < -0.4 is 10.4 Å². The lowest BCUT2D eigenvalue weighted by molar-refractivity contribution is -0.140. The van der Waals surface area contributed by atoms with Gasteiger partial charge >= 0.3 is 17.6 Å². The molecule has 8 nitrogen and oxygen atoms in total. The fraction of sp³-hybridized carbons (Fsp3) is 0.300. The van der Waals surface area contributed by atoms with Gasteiger partial charge < -0.3 is 18.4 Å². The lowest BCUT2D eigenvalue weighted by atomic mass is 10.0. The Morgan fingerprint density at radius 1 is 1.10 bits per heavy atom. The van der Waals surface area contributed by atoms with Crippen LogP contribution in [0.3, 0.4) is 0 Å². The fourth-order valence-electron chi connectivity index (χ4n) is 2.82. The highest BCUT2D eigenvalue weighted by Gasteiger charge is 2.16. The predicted molar refractivity (Wildman–Crippen MR) is 103 cm³/mol. The molecule has 3 aromatic rings. The van der Waals surface area contributed by atoms with E-state index in [0.29, 0.717) is 28.7 Å². The second kappa shape index (κ2) is 8.91. The van der Waals surface area contributed by atoms with Crippen molar-refractivity contribution < 1.29 is 28.0 Å². The Morgan fingerprint density at radius 2 is 1.86 bits per heavy atom. The maximum Gasteiger partial charge on any atom is 0.336 e. The van der Waals surface area contributed by atoms with Crippen molar-refractivity contribution in [3.8, 4) is 5.75 Å². The normalized spacial score (nSPS) is 10.9. The Morgan fingerprint density at radius 3 is 2.55 bits per heavy atom. The number of halogens is 1. The minimum absolute atomic E-state index is 0.0256. The van der Waals surface area contributed by atoms with Gasteiger partial charge in [-0.05, 0) is 30.5 Å². The minimum Gasteiger partial charge on any atom is -0.469 e. The Balaban J connectivity index is 1.85. The first-order valence-electron chi connectivity index (χ1n) is 8.81. The summed E-state index contributed by atoms with van der Waals surface area (Å²) >= 11 is 5.68. The molecule has 29 heavy (non-hydrogen) atoms. The molecule has 0 aliphatic carbocycles. The third kappa shape index (κ3) is 5.23. The number of methoxy groups -OCH3 is 1. The number of ether oxygens (including phenoxy) is 2. The van der Waals surface area contributed by atoms with E-state index in [1.54, 1.807) is 13.0 Å². The molecule has 3 rings (SSSR count). The Hall–Kier alpha value is -3.13. The Labute approximate surface area is 170 Å². The zero-order chi connectivity index (χ0) is 21.0. The van der Waals surface area contributed by atoms with Gasteiger partial charge in [-0.2, -0.15) is 0 Å². The van der Waals surface area contributed by atoms with Crippen LogP contribution in [0.4, 0.5) is 0 Å². The SMILES string of the molecule is COC(=O)CCc1cc2c(C)cc(=O)oc2cc1OC(=O)CCc1cc(Cl)no1. The third-order valence-electron chi connectivity index (χ3n) is 4.29. The molecule has 0 N–H and O–H groups in total. The fourth-order valence-corrected chi connectivity index (χ4v) is 2.98. The van der Waals surface area contributed by atoms with Gasteiger partial charge in [0.2, 0.25) is 0 Å². The van der Waals surface area contributed by atoms with Gasteiger partial charge in [-0.3, -0.25) is 9.59 Å². The number of carbonyl (C=O) groups excluding carboxylic acids is 2. The maximum atomic E-state index is 12.3. The van der Waals surface area contributed by atoms with Crippen molar-refractivity contribution in [2.45, 2.75) is 32.6 Å². The van der Waals surface area contributed by atoms with Gasteiger partial charge in [0.15, 0.2) is 5.15 Å². The molecule has 0 fully saturated rings. The monoisotopic (exact) mass is 419 g/mol. The quantitative estimate of drug-likeness (QED) is 0.325. The molecule has 0 aliphatic rings. The second-order valence-electron chi connectivity index (χ2n) is 6.37. The van der Waals surface area contributed by atoms with Crippen molar-refractivity contribution in [1.29, 1.82) is 0 Å². The summed E-state index contributed by atoms with van der Waals surface area (Å²) < 4.78 is 20.3. The molecule has 0 atom stereocenters. The van der Waals surface area contributed by atoms with E-state index >= 15 is 0 Å². The number of aromatic nitrogens is 1. The van der Waals surface area contributed by atoms with Gasteiger partial charge in [0.05, 0.1) is 13.5 Å². The molecule has 0 aliphatic heterocycles.